The summed E-state index contributed by atoms with van der Waals surface area (Å²) in [6.07, 6.45) is 4.53. The van der Waals surface area contributed by atoms with Gasteiger partial charge in [0.05, 0.1) is 19.0 Å². The van der Waals surface area contributed by atoms with Gasteiger partial charge in [0.1, 0.15) is 18.1 Å². The van der Waals surface area contributed by atoms with Crippen molar-refractivity contribution < 1.29 is 29.4 Å². The molecular weight excluding hydrogens is 384 g/mol. The molecule has 1 saturated heterocycles. The lowest BCUT2D eigenvalue weighted by atomic mass is 10.1. The average molecular weight is 410 g/mol. The van der Waals surface area contributed by atoms with E-state index in [0.717, 1.165) is 6.42 Å². The van der Waals surface area contributed by atoms with Crippen LogP contribution in [-0.4, -0.2) is 81.2 Å². The van der Waals surface area contributed by atoms with Crippen molar-refractivity contribution in [1.82, 2.24) is 31.2 Å². The van der Waals surface area contributed by atoms with E-state index in [9.17, 15) is 24.3 Å². The molecule has 0 aliphatic carbocycles. The predicted octanol–water partition coefficient (Wildman–Crippen LogP) is -2.74. The molecule has 1 aromatic rings. The molecule has 7 N–H and O–H groups in total. The number of nitrogens with zero attached hydrogens (tertiary/aromatic N) is 1. The Labute approximate surface area is 166 Å². The first kappa shape index (κ1) is 22.3. The number of carbonyl (C=O) groups excluding carboxylic acids is 3. The molecule has 0 bridgehead atoms. The van der Waals surface area contributed by atoms with E-state index in [4.69, 9.17) is 5.11 Å². The lowest BCUT2D eigenvalue weighted by Crippen LogP contribution is -2.58. The third kappa shape index (κ3) is 6.54. The second-order valence-corrected chi connectivity index (χ2v) is 6.80. The molecule has 0 radical (unpaired) electrons. The molecule has 1 aliphatic heterocycles. The maximum Gasteiger partial charge on any atom is 0.325 e. The number of carbonyl (C=O) groups is 4. The van der Waals surface area contributed by atoms with E-state index in [2.05, 4.69) is 31.2 Å². The molecule has 0 aromatic carbocycles. The lowest BCUT2D eigenvalue weighted by Gasteiger charge is -2.23. The van der Waals surface area contributed by atoms with Crippen molar-refractivity contribution in [3.63, 3.8) is 0 Å². The van der Waals surface area contributed by atoms with Gasteiger partial charge in [-0.15, -0.1) is 0 Å². The summed E-state index contributed by atoms with van der Waals surface area (Å²) in [5.74, 6) is -3.13. The summed E-state index contributed by atoms with van der Waals surface area (Å²) in [6, 6.07) is -3.98. The number of aliphatic hydroxyl groups is 1. The normalized spacial score (nSPS) is 19.0. The molecule has 29 heavy (non-hydrogen) atoms. The van der Waals surface area contributed by atoms with Crippen molar-refractivity contribution in [2.24, 2.45) is 0 Å². The summed E-state index contributed by atoms with van der Waals surface area (Å²) in [7, 11) is 0. The quantitative estimate of drug-likeness (QED) is 0.216. The summed E-state index contributed by atoms with van der Waals surface area (Å²) in [5.41, 5.74) is 0.592. The summed E-state index contributed by atoms with van der Waals surface area (Å²) in [4.78, 5) is 54.9. The molecule has 4 unspecified atom stereocenters. The standard InChI is InChI=1S/C17H26N6O6/c1-9(17(28)29)21-16(27)13(7-24)23-15(26)12(5-10-6-18-8-20-10)22-14(25)11-3-2-4-19-11/h6,8-9,11-13,19,24H,2-5,7H2,1H3,(H,18,20)(H,21,27)(H,22,25)(H,23,26)(H,28,29). The highest BCUT2D eigenvalue weighted by molar-refractivity contribution is 5.94. The molecule has 1 aromatic heterocycles. The number of H-pyrrole nitrogens is 1. The summed E-state index contributed by atoms with van der Waals surface area (Å²) in [6.45, 7) is 1.23. The van der Waals surface area contributed by atoms with Gasteiger partial charge >= 0.3 is 5.97 Å². The van der Waals surface area contributed by atoms with E-state index in [1.165, 1.54) is 19.4 Å². The van der Waals surface area contributed by atoms with Crippen LogP contribution in [0.5, 0.6) is 0 Å². The third-order valence-corrected chi connectivity index (χ3v) is 4.53. The number of nitrogens with one attached hydrogen (secondary N) is 5. The van der Waals surface area contributed by atoms with Crippen LogP contribution < -0.4 is 21.3 Å². The van der Waals surface area contributed by atoms with E-state index in [1.54, 1.807) is 0 Å². The molecule has 3 amide bonds. The largest absolute Gasteiger partial charge is 0.480 e. The number of aliphatic hydroxyl groups excluding tert-OH is 1. The van der Waals surface area contributed by atoms with Crippen LogP contribution in [0, 0.1) is 0 Å². The fourth-order valence-electron chi connectivity index (χ4n) is 2.85. The number of carboxylic acid groups (broad SMARTS) is 1. The number of rotatable bonds is 10. The molecule has 12 heteroatoms. The van der Waals surface area contributed by atoms with Crippen LogP contribution in [-0.2, 0) is 25.6 Å². The van der Waals surface area contributed by atoms with Gasteiger partial charge in [0.25, 0.3) is 0 Å². The molecule has 4 atom stereocenters. The monoisotopic (exact) mass is 410 g/mol. The van der Waals surface area contributed by atoms with Crippen molar-refractivity contribution in [1.29, 1.82) is 0 Å². The van der Waals surface area contributed by atoms with Crippen LogP contribution in [0.25, 0.3) is 0 Å². The number of aromatic nitrogens is 2. The number of amides is 3. The summed E-state index contributed by atoms with van der Waals surface area (Å²) in [5, 5.41) is 28.6. The Hall–Kier alpha value is -2.99. The molecule has 12 nitrogen and oxygen atoms in total. The molecule has 0 spiro atoms. The Bertz CT molecular complexity index is 718. The number of aliphatic carboxylic acids is 1. The smallest absolute Gasteiger partial charge is 0.325 e. The van der Waals surface area contributed by atoms with E-state index in [1.807, 2.05) is 0 Å². The zero-order valence-corrected chi connectivity index (χ0v) is 16.0. The van der Waals surface area contributed by atoms with Crippen LogP contribution in [0.2, 0.25) is 0 Å². The summed E-state index contributed by atoms with van der Waals surface area (Å²) < 4.78 is 0. The highest BCUT2D eigenvalue weighted by Crippen LogP contribution is 2.07. The van der Waals surface area contributed by atoms with Gasteiger partial charge in [-0.1, -0.05) is 0 Å². The number of hydrogen-bond acceptors (Lipinski definition) is 7. The predicted molar refractivity (Wildman–Crippen MR) is 99.5 cm³/mol. The topological polar surface area (TPSA) is 186 Å². The number of carboxylic acids is 1. The van der Waals surface area contributed by atoms with Crippen molar-refractivity contribution >= 4 is 23.7 Å². The molecule has 160 valence electrons. The molecule has 1 aliphatic rings. The van der Waals surface area contributed by atoms with Gasteiger partial charge in [-0.2, -0.15) is 0 Å². The van der Waals surface area contributed by atoms with E-state index >= 15 is 0 Å². The van der Waals surface area contributed by atoms with Gasteiger partial charge in [0.2, 0.25) is 17.7 Å². The molecule has 0 saturated carbocycles. The van der Waals surface area contributed by atoms with E-state index < -0.39 is 48.6 Å². The molecule has 2 rings (SSSR count). The second-order valence-electron chi connectivity index (χ2n) is 6.80. The second kappa shape index (κ2) is 10.5. The first-order valence-electron chi connectivity index (χ1n) is 9.27. The number of hydrogen-bond donors (Lipinski definition) is 7. The lowest BCUT2D eigenvalue weighted by molar-refractivity contribution is -0.142. The van der Waals surface area contributed by atoms with Gasteiger partial charge in [-0.3, -0.25) is 19.2 Å². The van der Waals surface area contributed by atoms with Crippen LogP contribution in [0.3, 0.4) is 0 Å². The van der Waals surface area contributed by atoms with Gasteiger partial charge < -0.3 is 36.5 Å². The minimum absolute atomic E-state index is 0.0928. The maximum absolute atomic E-state index is 12.7. The molecule has 1 fully saturated rings. The molecular formula is C17H26N6O6. The van der Waals surface area contributed by atoms with Crippen molar-refractivity contribution in [2.75, 3.05) is 13.2 Å². The first-order valence-corrected chi connectivity index (χ1v) is 9.27. The zero-order chi connectivity index (χ0) is 21.4. The van der Waals surface area contributed by atoms with E-state index in [-0.39, 0.29) is 12.3 Å². The Morgan fingerprint density at radius 3 is 2.48 bits per heavy atom. The van der Waals surface area contributed by atoms with Gasteiger partial charge in [-0.25, -0.2) is 4.98 Å². The van der Waals surface area contributed by atoms with Crippen LogP contribution in [0.1, 0.15) is 25.5 Å². The van der Waals surface area contributed by atoms with Crippen molar-refractivity contribution in [2.45, 2.75) is 50.4 Å². The van der Waals surface area contributed by atoms with Crippen molar-refractivity contribution in [3.8, 4) is 0 Å². The third-order valence-electron chi connectivity index (χ3n) is 4.53. The Morgan fingerprint density at radius 2 is 1.93 bits per heavy atom. The Morgan fingerprint density at radius 1 is 1.21 bits per heavy atom. The van der Waals surface area contributed by atoms with Crippen LogP contribution in [0.4, 0.5) is 0 Å². The SMILES string of the molecule is CC(NC(=O)C(CO)NC(=O)C(Cc1cnc[nH]1)NC(=O)C1CCCN1)C(=O)O. The number of aromatic amines is 1. The Kier molecular flexibility index (Phi) is 8.09. The molecule has 2 heterocycles. The van der Waals surface area contributed by atoms with Gasteiger partial charge in [0, 0.05) is 18.3 Å². The van der Waals surface area contributed by atoms with Crippen LogP contribution >= 0.6 is 0 Å². The summed E-state index contributed by atoms with van der Waals surface area (Å²) >= 11 is 0. The maximum atomic E-state index is 12.7. The van der Waals surface area contributed by atoms with E-state index in [0.29, 0.717) is 18.7 Å². The van der Waals surface area contributed by atoms with Gasteiger partial charge in [0.15, 0.2) is 0 Å². The Balaban J connectivity index is 2.04. The van der Waals surface area contributed by atoms with Crippen molar-refractivity contribution in [3.05, 3.63) is 18.2 Å². The minimum Gasteiger partial charge on any atom is -0.480 e. The average Bonchev–Trinajstić information content (AvgIpc) is 3.38. The highest BCUT2D eigenvalue weighted by Gasteiger charge is 2.30. The minimum atomic E-state index is -1.37. The first-order chi connectivity index (χ1) is 13.8. The number of imidazole rings is 1. The fourth-order valence-corrected chi connectivity index (χ4v) is 2.85. The van der Waals surface area contributed by atoms with Crippen LogP contribution in [0.15, 0.2) is 12.5 Å². The highest BCUT2D eigenvalue weighted by atomic mass is 16.4. The van der Waals surface area contributed by atoms with Gasteiger partial charge in [-0.05, 0) is 26.3 Å². The zero-order valence-electron chi connectivity index (χ0n) is 16.0. The fraction of sp³-hybridized carbons (Fsp3) is 0.588.